The number of piperidine rings is 1. The van der Waals surface area contributed by atoms with Crippen LogP contribution in [0, 0.1) is 11.7 Å². The fraction of sp³-hybridized carbons (Fsp3) is 0.333. The molecular formula is C21H24FN5O. The van der Waals surface area contributed by atoms with Gasteiger partial charge in [0.2, 0.25) is 0 Å². The van der Waals surface area contributed by atoms with Crippen LogP contribution in [0.25, 0.3) is 11.0 Å². The van der Waals surface area contributed by atoms with Gasteiger partial charge < -0.3 is 20.1 Å². The number of likely N-dealkylation sites (N-methyl/N-ethyl adjacent to an activating group) is 1. The topological polar surface area (TPSA) is 64.3 Å². The molecule has 0 unspecified atom stereocenters. The number of pyridine rings is 1. The highest BCUT2D eigenvalue weighted by molar-refractivity contribution is 5.90. The van der Waals surface area contributed by atoms with E-state index in [4.69, 9.17) is 0 Å². The number of nitrogens with one attached hydrogen (secondary N) is 2. The number of hydrogen-bond donors (Lipinski definition) is 2. The van der Waals surface area contributed by atoms with Crippen molar-refractivity contribution in [1.82, 2.24) is 14.9 Å². The van der Waals surface area contributed by atoms with Gasteiger partial charge in [0.25, 0.3) is 0 Å². The van der Waals surface area contributed by atoms with Gasteiger partial charge in [-0.05, 0) is 42.7 Å². The number of carbonyl (C=O) groups excluding carboxylic acids is 1. The SMILES string of the molecule is C[C@@H]1CCN(C(=O)Nc2cccc(F)c2)C[C@@H]1N(C)c1ccnc2[nH]ccc12. The van der Waals surface area contributed by atoms with Gasteiger partial charge >= 0.3 is 6.03 Å². The van der Waals surface area contributed by atoms with Gasteiger partial charge in [-0.3, -0.25) is 0 Å². The molecule has 4 rings (SSSR count). The summed E-state index contributed by atoms with van der Waals surface area (Å²) in [7, 11) is 2.07. The van der Waals surface area contributed by atoms with Crippen LogP contribution in [-0.4, -0.2) is 47.1 Å². The summed E-state index contributed by atoms with van der Waals surface area (Å²) < 4.78 is 13.4. The maximum absolute atomic E-state index is 13.4. The van der Waals surface area contributed by atoms with Gasteiger partial charge in [-0.15, -0.1) is 0 Å². The van der Waals surface area contributed by atoms with E-state index in [1.165, 1.54) is 12.1 Å². The van der Waals surface area contributed by atoms with Gasteiger partial charge in [-0.2, -0.15) is 0 Å². The highest BCUT2D eigenvalue weighted by Crippen LogP contribution is 2.30. The molecule has 2 atom stereocenters. The zero-order valence-corrected chi connectivity index (χ0v) is 16.0. The van der Waals surface area contributed by atoms with Crippen LogP contribution in [0.1, 0.15) is 13.3 Å². The number of aromatic amines is 1. The molecule has 6 nitrogen and oxygen atoms in total. The number of fused-ring (bicyclic) bond motifs is 1. The van der Waals surface area contributed by atoms with Crippen molar-refractivity contribution < 1.29 is 9.18 Å². The molecular weight excluding hydrogens is 357 g/mol. The average Bonchev–Trinajstić information content (AvgIpc) is 3.16. The monoisotopic (exact) mass is 381 g/mol. The summed E-state index contributed by atoms with van der Waals surface area (Å²) >= 11 is 0. The number of rotatable bonds is 3. The predicted octanol–water partition coefficient (Wildman–Crippen LogP) is 4.08. The largest absolute Gasteiger partial charge is 0.369 e. The molecule has 3 heterocycles. The lowest BCUT2D eigenvalue weighted by molar-refractivity contribution is 0.172. The molecule has 3 aromatic rings. The van der Waals surface area contributed by atoms with Gasteiger partial charge in [0, 0.05) is 55.3 Å². The van der Waals surface area contributed by atoms with Crippen LogP contribution < -0.4 is 10.2 Å². The molecule has 1 saturated heterocycles. The summed E-state index contributed by atoms with van der Waals surface area (Å²) in [4.78, 5) is 24.3. The zero-order chi connectivity index (χ0) is 19.7. The average molecular weight is 381 g/mol. The first-order valence-corrected chi connectivity index (χ1v) is 9.49. The molecule has 146 valence electrons. The summed E-state index contributed by atoms with van der Waals surface area (Å²) in [5.41, 5.74) is 2.42. The number of carbonyl (C=O) groups is 1. The van der Waals surface area contributed by atoms with Crippen LogP contribution in [-0.2, 0) is 0 Å². The maximum Gasteiger partial charge on any atom is 0.321 e. The maximum atomic E-state index is 13.4. The number of H-pyrrole nitrogens is 1. The van der Waals surface area contributed by atoms with Crippen LogP contribution in [0.5, 0.6) is 0 Å². The van der Waals surface area contributed by atoms with Gasteiger partial charge in [0.1, 0.15) is 11.5 Å². The van der Waals surface area contributed by atoms with E-state index in [1.54, 1.807) is 18.3 Å². The Hall–Kier alpha value is -3.09. The van der Waals surface area contributed by atoms with E-state index in [0.29, 0.717) is 24.7 Å². The molecule has 2 aromatic heterocycles. The highest BCUT2D eigenvalue weighted by atomic mass is 19.1. The van der Waals surface area contributed by atoms with E-state index < -0.39 is 0 Å². The molecule has 0 aliphatic carbocycles. The molecule has 1 aromatic carbocycles. The Morgan fingerprint density at radius 1 is 1.36 bits per heavy atom. The summed E-state index contributed by atoms with van der Waals surface area (Å²) in [6, 6.07) is 9.98. The van der Waals surface area contributed by atoms with Crippen LogP contribution in [0.4, 0.5) is 20.6 Å². The summed E-state index contributed by atoms with van der Waals surface area (Å²) in [6.45, 7) is 3.51. The third kappa shape index (κ3) is 3.52. The third-order valence-electron chi connectivity index (χ3n) is 5.60. The van der Waals surface area contributed by atoms with Crippen LogP contribution in [0.15, 0.2) is 48.8 Å². The Bertz CT molecular complexity index is 988. The van der Waals surface area contributed by atoms with Gasteiger partial charge in [0.05, 0.1) is 0 Å². The molecule has 7 heteroatoms. The first kappa shape index (κ1) is 18.3. The van der Waals surface area contributed by atoms with E-state index >= 15 is 0 Å². The standard InChI is InChI=1S/C21H24FN5O/c1-14-8-11-27(21(28)25-16-5-3-4-15(22)12-16)13-19(14)26(2)18-7-10-24-20-17(18)6-9-23-20/h3-7,9-10,12,14,19H,8,11,13H2,1-2H3,(H,23,24)(H,25,28)/t14-,19+/m1/s1. The Labute approximate surface area is 163 Å². The molecule has 28 heavy (non-hydrogen) atoms. The summed E-state index contributed by atoms with van der Waals surface area (Å²) in [5, 5.41) is 3.87. The molecule has 1 aliphatic heterocycles. The minimum atomic E-state index is -0.365. The molecule has 1 fully saturated rings. The lowest BCUT2D eigenvalue weighted by atomic mass is 9.92. The molecule has 0 bridgehead atoms. The number of anilines is 2. The lowest BCUT2D eigenvalue weighted by Gasteiger charge is -2.42. The second-order valence-corrected chi connectivity index (χ2v) is 7.40. The number of nitrogens with zero attached hydrogens (tertiary/aromatic N) is 3. The van der Waals surface area contributed by atoms with Crippen molar-refractivity contribution in [2.45, 2.75) is 19.4 Å². The van der Waals surface area contributed by atoms with Crippen molar-refractivity contribution in [3.63, 3.8) is 0 Å². The smallest absolute Gasteiger partial charge is 0.321 e. The zero-order valence-electron chi connectivity index (χ0n) is 16.0. The van der Waals surface area contributed by atoms with Crippen LogP contribution in [0.2, 0.25) is 0 Å². The number of halogens is 1. The second-order valence-electron chi connectivity index (χ2n) is 7.40. The quantitative estimate of drug-likeness (QED) is 0.719. The van der Waals surface area contributed by atoms with Gasteiger partial charge in [0.15, 0.2) is 0 Å². The number of likely N-dealkylation sites (tertiary alicyclic amines) is 1. The van der Waals surface area contributed by atoms with Crippen molar-refractivity contribution in [2.24, 2.45) is 5.92 Å². The first-order chi connectivity index (χ1) is 13.5. The molecule has 0 saturated carbocycles. The van der Waals surface area contributed by atoms with E-state index in [9.17, 15) is 9.18 Å². The molecule has 1 aliphatic rings. The fourth-order valence-corrected chi connectivity index (χ4v) is 3.94. The van der Waals surface area contributed by atoms with Crippen LogP contribution >= 0.6 is 0 Å². The van der Waals surface area contributed by atoms with E-state index in [1.807, 2.05) is 23.2 Å². The predicted molar refractivity (Wildman–Crippen MR) is 109 cm³/mol. The Kier molecular flexibility index (Phi) is 4.90. The molecule has 2 amide bonds. The highest BCUT2D eigenvalue weighted by Gasteiger charge is 2.32. The van der Waals surface area contributed by atoms with Crippen molar-refractivity contribution in [1.29, 1.82) is 0 Å². The van der Waals surface area contributed by atoms with Gasteiger partial charge in [-0.1, -0.05) is 13.0 Å². The van der Waals surface area contributed by atoms with Crippen molar-refractivity contribution in [2.75, 3.05) is 30.4 Å². The number of urea groups is 1. The fourth-order valence-electron chi connectivity index (χ4n) is 3.94. The number of aromatic nitrogens is 2. The number of benzene rings is 1. The molecule has 2 N–H and O–H groups in total. The summed E-state index contributed by atoms with van der Waals surface area (Å²) in [6.07, 6.45) is 4.59. The summed E-state index contributed by atoms with van der Waals surface area (Å²) in [5.74, 6) is 0.0706. The van der Waals surface area contributed by atoms with Crippen LogP contribution in [0.3, 0.4) is 0 Å². The van der Waals surface area contributed by atoms with E-state index in [-0.39, 0.29) is 17.9 Å². The molecule has 0 spiro atoms. The Morgan fingerprint density at radius 2 is 2.21 bits per heavy atom. The molecule has 0 radical (unpaired) electrons. The second kappa shape index (κ2) is 7.50. The normalized spacial score (nSPS) is 19.6. The van der Waals surface area contributed by atoms with Crippen molar-refractivity contribution >= 4 is 28.4 Å². The Morgan fingerprint density at radius 3 is 3.04 bits per heavy atom. The minimum absolute atomic E-state index is 0.174. The number of hydrogen-bond acceptors (Lipinski definition) is 3. The third-order valence-corrected chi connectivity index (χ3v) is 5.60. The minimum Gasteiger partial charge on any atom is -0.369 e. The van der Waals surface area contributed by atoms with E-state index in [0.717, 1.165) is 23.1 Å². The lowest BCUT2D eigenvalue weighted by Crippen LogP contribution is -2.53. The van der Waals surface area contributed by atoms with E-state index in [2.05, 4.69) is 34.2 Å². The van der Waals surface area contributed by atoms with Crippen molar-refractivity contribution in [3.05, 3.63) is 54.6 Å². The Balaban J connectivity index is 1.51. The first-order valence-electron chi connectivity index (χ1n) is 9.49. The van der Waals surface area contributed by atoms with Crippen molar-refractivity contribution in [3.8, 4) is 0 Å². The van der Waals surface area contributed by atoms with Gasteiger partial charge in [-0.25, -0.2) is 14.2 Å². The number of amides is 2.